The first-order chi connectivity index (χ1) is 8.19. The van der Waals surface area contributed by atoms with E-state index in [1.165, 1.54) is 6.42 Å². The molecule has 0 atom stereocenters. The van der Waals surface area contributed by atoms with Crippen molar-refractivity contribution >= 4 is 5.69 Å². The van der Waals surface area contributed by atoms with Crippen LogP contribution in [0.2, 0.25) is 0 Å². The average molecular weight is 229 g/mol. The third-order valence-electron chi connectivity index (χ3n) is 3.56. The maximum Gasteiger partial charge on any atom is 0.182 e. The van der Waals surface area contributed by atoms with Gasteiger partial charge in [-0.05, 0) is 48.7 Å². The molecule has 1 heterocycles. The minimum Gasteiger partial charge on any atom is -0.399 e. The maximum absolute atomic E-state index is 5.79. The van der Waals surface area contributed by atoms with Gasteiger partial charge < -0.3 is 5.73 Å². The molecular weight excluding hydrogens is 214 g/mol. The zero-order valence-corrected chi connectivity index (χ0v) is 9.80. The van der Waals surface area contributed by atoms with Crippen molar-refractivity contribution in [2.75, 3.05) is 5.73 Å². The molecular formula is C12H15N5. The molecule has 3 rings (SSSR count). The zero-order valence-electron chi connectivity index (χ0n) is 9.80. The summed E-state index contributed by atoms with van der Waals surface area (Å²) in [5.74, 6) is 0.805. The van der Waals surface area contributed by atoms with Gasteiger partial charge in [-0.2, -0.15) is 0 Å². The van der Waals surface area contributed by atoms with Gasteiger partial charge in [0.15, 0.2) is 5.82 Å². The summed E-state index contributed by atoms with van der Waals surface area (Å²) in [5.41, 5.74) is 7.57. The fourth-order valence-corrected chi connectivity index (χ4v) is 2.31. The second kappa shape index (κ2) is 3.55. The molecule has 0 spiro atoms. The van der Waals surface area contributed by atoms with Crippen LogP contribution in [0.15, 0.2) is 24.3 Å². The molecule has 1 aliphatic rings. The number of rotatable bonds is 2. The van der Waals surface area contributed by atoms with E-state index in [-0.39, 0.29) is 5.54 Å². The summed E-state index contributed by atoms with van der Waals surface area (Å²) in [6.07, 6.45) is 3.51. The van der Waals surface area contributed by atoms with E-state index in [9.17, 15) is 0 Å². The molecule has 1 aromatic carbocycles. The number of hydrogen-bond donors (Lipinski definition) is 1. The molecule has 0 radical (unpaired) electrons. The van der Waals surface area contributed by atoms with Gasteiger partial charge in [-0.25, -0.2) is 4.68 Å². The van der Waals surface area contributed by atoms with Gasteiger partial charge in [0.05, 0.1) is 5.54 Å². The van der Waals surface area contributed by atoms with Crippen molar-refractivity contribution in [3.05, 3.63) is 24.3 Å². The van der Waals surface area contributed by atoms with E-state index in [1.807, 2.05) is 28.9 Å². The molecule has 5 nitrogen and oxygen atoms in total. The van der Waals surface area contributed by atoms with E-state index in [0.29, 0.717) is 0 Å². The average Bonchev–Trinajstić information content (AvgIpc) is 2.75. The summed E-state index contributed by atoms with van der Waals surface area (Å²) in [6, 6.07) is 7.68. The first-order valence-corrected chi connectivity index (χ1v) is 5.84. The summed E-state index contributed by atoms with van der Waals surface area (Å²) in [5, 5.41) is 12.1. The zero-order chi connectivity index (χ0) is 11.9. The Morgan fingerprint density at radius 3 is 2.82 bits per heavy atom. The largest absolute Gasteiger partial charge is 0.399 e. The number of nitrogens with two attached hydrogens (primary N) is 1. The summed E-state index contributed by atoms with van der Waals surface area (Å²) in [7, 11) is 0. The van der Waals surface area contributed by atoms with E-state index < -0.39 is 0 Å². The van der Waals surface area contributed by atoms with Crippen molar-refractivity contribution < 1.29 is 0 Å². The number of hydrogen-bond acceptors (Lipinski definition) is 4. The molecule has 0 bridgehead atoms. The summed E-state index contributed by atoms with van der Waals surface area (Å²) < 4.78 is 1.94. The molecule has 2 N–H and O–H groups in total. The van der Waals surface area contributed by atoms with Crippen molar-refractivity contribution in [3.8, 4) is 11.4 Å². The normalized spacial score (nSPS) is 17.7. The summed E-state index contributed by atoms with van der Waals surface area (Å²) >= 11 is 0. The molecule has 1 fully saturated rings. The smallest absolute Gasteiger partial charge is 0.182 e. The van der Waals surface area contributed by atoms with Crippen LogP contribution in [0.4, 0.5) is 5.69 Å². The second-order valence-electron chi connectivity index (χ2n) is 4.89. The highest BCUT2D eigenvalue weighted by molar-refractivity contribution is 5.60. The highest BCUT2D eigenvalue weighted by Crippen LogP contribution is 2.39. The van der Waals surface area contributed by atoms with Gasteiger partial charge in [-0.3, -0.25) is 0 Å². The monoisotopic (exact) mass is 229 g/mol. The lowest BCUT2D eigenvalue weighted by Gasteiger charge is -2.38. The fourth-order valence-electron chi connectivity index (χ4n) is 2.31. The Morgan fingerprint density at radius 2 is 2.18 bits per heavy atom. The van der Waals surface area contributed by atoms with Crippen LogP contribution in [0.5, 0.6) is 0 Å². The Bertz CT molecular complexity index is 541. The van der Waals surface area contributed by atoms with E-state index in [1.54, 1.807) is 0 Å². The molecule has 0 aliphatic heterocycles. The van der Waals surface area contributed by atoms with Gasteiger partial charge in [-0.1, -0.05) is 12.1 Å². The van der Waals surface area contributed by atoms with Crippen molar-refractivity contribution in [1.29, 1.82) is 0 Å². The third-order valence-corrected chi connectivity index (χ3v) is 3.56. The SMILES string of the molecule is CC1(n2nnnc2-c2cccc(N)c2)CCC1. The van der Waals surface area contributed by atoms with Gasteiger partial charge in [0.2, 0.25) is 0 Å². The summed E-state index contributed by atoms with van der Waals surface area (Å²) in [4.78, 5) is 0. The van der Waals surface area contributed by atoms with Crippen molar-refractivity contribution in [3.63, 3.8) is 0 Å². The van der Waals surface area contributed by atoms with Gasteiger partial charge >= 0.3 is 0 Å². The van der Waals surface area contributed by atoms with Gasteiger partial charge in [0.25, 0.3) is 0 Å². The predicted molar refractivity (Wildman–Crippen MR) is 65.2 cm³/mol. The first-order valence-electron chi connectivity index (χ1n) is 5.84. The molecule has 1 saturated carbocycles. The Balaban J connectivity index is 2.07. The standard InChI is InChI=1S/C12H15N5/c1-12(6-3-7-12)17-11(14-15-16-17)9-4-2-5-10(13)8-9/h2,4-5,8H,3,6-7,13H2,1H3. The lowest BCUT2D eigenvalue weighted by Crippen LogP contribution is -2.38. The minimum atomic E-state index is 0.0729. The minimum absolute atomic E-state index is 0.0729. The number of nitrogens with zero attached hydrogens (tertiary/aromatic N) is 4. The topological polar surface area (TPSA) is 69.6 Å². The van der Waals surface area contributed by atoms with Gasteiger partial charge in [0.1, 0.15) is 0 Å². The summed E-state index contributed by atoms with van der Waals surface area (Å²) in [6.45, 7) is 2.20. The second-order valence-corrected chi connectivity index (χ2v) is 4.89. The van der Waals surface area contributed by atoms with Crippen LogP contribution >= 0.6 is 0 Å². The first kappa shape index (κ1) is 10.3. The quantitative estimate of drug-likeness (QED) is 0.797. The fraction of sp³-hybridized carbons (Fsp3) is 0.417. The number of aromatic nitrogens is 4. The van der Waals surface area contributed by atoms with Crippen LogP contribution < -0.4 is 5.73 Å². The molecule has 5 heteroatoms. The van der Waals surface area contributed by atoms with Crippen LogP contribution in [-0.2, 0) is 5.54 Å². The number of benzene rings is 1. The maximum atomic E-state index is 5.79. The van der Waals surface area contributed by atoms with Crippen LogP contribution in [0.3, 0.4) is 0 Å². The molecule has 0 unspecified atom stereocenters. The molecule has 0 saturated heterocycles. The van der Waals surface area contributed by atoms with Crippen molar-refractivity contribution in [1.82, 2.24) is 20.2 Å². The van der Waals surface area contributed by atoms with Crippen LogP contribution in [0.25, 0.3) is 11.4 Å². The molecule has 0 amide bonds. The highest BCUT2D eigenvalue weighted by Gasteiger charge is 2.37. The molecule has 1 aromatic heterocycles. The molecule has 88 valence electrons. The van der Waals surface area contributed by atoms with E-state index in [4.69, 9.17) is 5.73 Å². The van der Waals surface area contributed by atoms with E-state index >= 15 is 0 Å². The molecule has 17 heavy (non-hydrogen) atoms. The lowest BCUT2D eigenvalue weighted by atomic mass is 9.78. The van der Waals surface area contributed by atoms with Crippen molar-refractivity contribution in [2.45, 2.75) is 31.7 Å². The van der Waals surface area contributed by atoms with Gasteiger partial charge in [-0.15, -0.1) is 5.10 Å². The number of nitrogen functional groups attached to an aromatic ring is 1. The van der Waals surface area contributed by atoms with Crippen LogP contribution in [-0.4, -0.2) is 20.2 Å². The third kappa shape index (κ3) is 1.58. The van der Waals surface area contributed by atoms with Gasteiger partial charge in [0, 0.05) is 11.3 Å². The molecule has 1 aliphatic carbocycles. The Hall–Kier alpha value is -1.91. The Kier molecular flexibility index (Phi) is 2.14. The van der Waals surface area contributed by atoms with Crippen molar-refractivity contribution in [2.24, 2.45) is 0 Å². The van der Waals surface area contributed by atoms with E-state index in [2.05, 4.69) is 22.4 Å². The Labute approximate surface area is 99.6 Å². The van der Waals surface area contributed by atoms with Crippen LogP contribution in [0, 0.1) is 0 Å². The number of anilines is 1. The number of tetrazole rings is 1. The molecule has 2 aromatic rings. The van der Waals surface area contributed by atoms with Crippen LogP contribution in [0.1, 0.15) is 26.2 Å². The highest BCUT2D eigenvalue weighted by atomic mass is 15.6. The van der Waals surface area contributed by atoms with E-state index in [0.717, 1.165) is 29.9 Å². The lowest BCUT2D eigenvalue weighted by molar-refractivity contribution is 0.148. The Morgan fingerprint density at radius 1 is 1.35 bits per heavy atom. The predicted octanol–water partition coefficient (Wildman–Crippen LogP) is 1.82.